The van der Waals surface area contributed by atoms with Crippen LogP contribution in [0.5, 0.6) is 11.5 Å². The van der Waals surface area contributed by atoms with Crippen LogP contribution in [0, 0.1) is 11.9 Å². The van der Waals surface area contributed by atoms with Crippen LogP contribution in [0.2, 0.25) is 0 Å². The standard InChI is InChI=1S/C19H18FN2O3/c1-24-17-8-6-13(23)11-16(17)22-9-3-2-4-15(22)19-14-7-5-12(20)10-18(14)25-21-19/h5,7-8,10-11,15,23H,2-4,9H2,1H3. The first kappa shape index (κ1) is 15.7. The maximum absolute atomic E-state index is 13.4. The van der Waals surface area contributed by atoms with Gasteiger partial charge in [0.25, 0.3) is 0 Å². The van der Waals surface area contributed by atoms with Crippen molar-refractivity contribution in [3.05, 3.63) is 47.9 Å². The predicted molar refractivity (Wildman–Crippen MR) is 91.4 cm³/mol. The van der Waals surface area contributed by atoms with Crippen molar-refractivity contribution in [1.29, 1.82) is 0 Å². The Kier molecular flexibility index (Phi) is 3.95. The molecule has 1 fully saturated rings. The largest absolute Gasteiger partial charge is 0.507 e. The van der Waals surface area contributed by atoms with Crippen molar-refractivity contribution in [2.75, 3.05) is 18.6 Å². The molecule has 0 bridgehead atoms. The number of hydrogen-bond acceptors (Lipinski definition) is 5. The fourth-order valence-corrected chi connectivity index (χ4v) is 3.52. The number of phenols is 1. The van der Waals surface area contributed by atoms with Gasteiger partial charge in [-0.1, -0.05) is 5.16 Å². The highest BCUT2D eigenvalue weighted by atomic mass is 19.1. The van der Waals surface area contributed by atoms with E-state index in [0.717, 1.165) is 42.6 Å². The monoisotopic (exact) mass is 341 g/mol. The van der Waals surface area contributed by atoms with Crippen LogP contribution in [-0.4, -0.2) is 23.9 Å². The number of halogens is 1. The SMILES string of the molecule is COc1c[c]c(O)cc1N1CCCCC1c1noc2cc(F)ccc12. The number of ether oxygens (including phenoxy) is 1. The zero-order valence-electron chi connectivity index (χ0n) is 13.8. The molecule has 2 aromatic carbocycles. The van der Waals surface area contributed by atoms with Gasteiger partial charge in [0.1, 0.15) is 23.0 Å². The Hall–Kier alpha value is -2.76. The minimum Gasteiger partial charge on any atom is -0.507 e. The Bertz CT molecular complexity index is 909. The number of rotatable bonds is 3. The van der Waals surface area contributed by atoms with Crippen LogP contribution in [0.1, 0.15) is 31.0 Å². The average Bonchev–Trinajstić information content (AvgIpc) is 3.04. The summed E-state index contributed by atoms with van der Waals surface area (Å²) in [6.07, 6.45) is 2.98. The number of anilines is 1. The Labute approximate surface area is 144 Å². The molecule has 1 radical (unpaired) electrons. The van der Waals surface area contributed by atoms with Crippen molar-refractivity contribution < 1.29 is 18.8 Å². The van der Waals surface area contributed by atoms with Gasteiger partial charge >= 0.3 is 0 Å². The van der Waals surface area contributed by atoms with Crippen molar-refractivity contribution >= 4 is 16.7 Å². The van der Waals surface area contributed by atoms with Gasteiger partial charge in [0, 0.05) is 30.1 Å². The van der Waals surface area contributed by atoms with Crippen LogP contribution in [0.15, 0.2) is 34.9 Å². The molecule has 129 valence electrons. The summed E-state index contributed by atoms with van der Waals surface area (Å²) in [6, 6.07) is 10.5. The van der Waals surface area contributed by atoms with Gasteiger partial charge in [-0.2, -0.15) is 0 Å². The molecule has 0 saturated carbocycles. The summed E-state index contributed by atoms with van der Waals surface area (Å²) in [6.45, 7) is 0.806. The summed E-state index contributed by atoms with van der Waals surface area (Å²) in [7, 11) is 1.59. The third-order valence-electron chi connectivity index (χ3n) is 4.69. The fourth-order valence-electron chi connectivity index (χ4n) is 3.52. The number of nitrogens with zero attached hydrogens (tertiary/aromatic N) is 2. The second-order valence-corrected chi connectivity index (χ2v) is 6.19. The molecule has 0 aliphatic carbocycles. The molecule has 4 rings (SSSR count). The number of aromatic nitrogens is 1. The van der Waals surface area contributed by atoms with Crippen LogP contribution in [-0.2, 0) is 0 Å². The number of aromatic hydroxyl groups is 1. The smallest absolute Gasteiger partial charge is 0.170 e. The minimum absolute atomic E-state index is 0.0313. The lowest BCUT2D eigenvalue weighted by atomic mass is 9.96. The topological polar surface area (TPSA) is 58.7 Å². The lowest BCUT2D eigenvalue weighted by Gasteiger charge is -2.37. The molecular formula is C19H18FN2O3. The van der Waals surface area contributed by atoms with Gasteiger partial charge in [0.2, 0.25) is 0 Å². The summed E-state index contributed by atoms with van der Waals surface area (Å²) < 4.78 is 24.2. The second-order valence-electron chi connectivity index (χ2n) is 6.19. The van der Waals surface area contributed by atoms with Crippen molar-refractivity contribution in [2.24, 2.45) is 0 Å². The van der Waals surface area contributed by atoms with Crippen molar-refractivity contribution in [3.8, 4) is 11.5 Å². The van der Waals surface area contributed by atoms with Gasteiger partial charge in [-0.05, 0) is 37.5 Å². The Balaban J connectivity index is 1.80. The molecule has 1 aliphatic heterocycles. The van der Waals surface area contributed by atoms with Crippen LogP contribution < -0.4 is 9.64 Å². The summed E-state index contributed by atoms with van der Waals surface area (Å²) in [5.74, 6) is 0.358. The normalized spacial score (nSPS) is 17.8. The van der Waals surface area contributed by atoms with Crippen LogP contribution >= 0.6 is 0 Å². The van der Waals surface area contributed by atoms with E-state index in [9.17, 15) is 9.50 Å². The molecule has 2 heterocycles. The molecule has 1 N–H and O–H groups in total. The van der Waals surface area contributed by atoms with Crippen molar-refractivity contribution in [3.63, 3.8) is 0 Å². The van der Waals surface area contributed by atoms with Crippen LogP contribution in [0.3, 0.4) is 0 Å². The predicted octanol–water partition coefficient (Wildman–Crippen LogP) is 4.21. The molecule has 1 unspecified atom stereocenters. The first-order valence-corrected chi connectivity index (χ1v) is 8.27. The van der Waals surface area contributed by atoms with Crippen LogP contribution in [0.25, 0.3) is 11.0 Å². The van der Waals surface area contributed by atoms with E-state index in [-0.39, 0.29) is 17.6 Å². The van der Waals surface area contributed by atoms with Gasteiger partial charge in [0.15, 0.2) is 5.58 Å². The summed E-state index contributed by atoms with van der Waals surface area (Å²) >= 11 is 0. The Morgan fingerprint density at radius 2 is 2.24 bits per heavy atom. The van der Waals surface area contributed by atoms with E-state index < -0.39 is 0 Å². The molecule has 1 aromatic heterocycles. The van der Waals surface area contributed by atoms with E-state index in [1.165, 1.54) is 12.1 Å². The van der Waals surface area contributed by atoms with Gasteiger partial charge in [0.05, 0.1) is 18.8 Å². The third-order valence-corrected chi connectivity index (χ3v) is 4.69. The number of phenolic OH excluding ortho intramolecular Hbond substituents is 1. The number of methoxy groups -OCH3 is 1. The van der Waals surface area contributed by atoms with E-state index in [1.54, 1.807) is 25.3 Å². The average molecular weight is 341 g/mol. The second kappa shape index (κ2) is 6.27. The molecule has 6 heteroatoms. The molecule has 1 atom stereocenters. The molecule has 3 aromatic rings. The van der Waals surface area contributed by atoms with E-state index >= 15 is 0 Å². The first-order valence-electron chi connectivity index (χ1n) is 8.27. The van der Waals surface area contributed by atoms with Crippen LogP contribution in [0.4, 0.5) is 10.1 Å². The fraction of sp³-hybridized carbons (Fsp3) is 0.316. The molecule has 25 heavy (non-hydrogen) atoms. The molecular weight excluding hydrogens is 323 g/mol. The summed E-state index contributed by atoms with van der Waals surface area (Å²) in [5.41, 5.74) is 2.02. The number of hydrogen-bond donors (Lipinski definition) is 1. The quantitative estimate of drug-likeness (QED) is 0.773. The lowest BCUT2D eigenvalue weighted by Crippen LogP contribution is -2.34. The highest BCUT2D eigenvalue weighted by Crippen LogP contribution is 2.42. The minimum atomic E-state index is -0.346. The highest BCUT2D eigenvalue weighted by Gasteiger charge is 2.30. The van der Waals surface area contributed by atoms with Gasteiger partial charge < -0.3 is 19.3 Å². The summed E-state index contributed by atoms with van der Waals surface area (Å²) in [5, 5.41) is 14.9. The third kappa shape index (κ3) is 2.77. The lowest BCUT2D eigenvalue weighted by molar-refractivity contribution is 0.391. The zero-order valence-corrected chi connectivity index (χ0v) is 13.8. The van der Waals surface area contributed by atoms with E-state index in [4.69, 9.17) is 9.26 Å². The van der Waals surface area contributed by atoms with Gasteiger partial charge in [-0.25, -0.2) is 4.39 Å². The molecule has 0 spiro atoms. The first-order chi connectivity index (χ1) is 12.2. The van der Waals surface area contributed by atoms with Crippen molar-refractivity contribution in [1.82, 2.24) is 5.16 Å². The summed E-state index contributed by atoms with van der Waals surface area (Å²) in [4.78, 5) is 2.16. The van der Waals surface area contributed by atoms with E-state index in [0.29, 0.717) is 11.3 Å². The molecule has 5 nitrogen and oxygen atoms in total. The van der Waals surface area contributed by atoms with E-state index in [2.05, 4.69) is 16.1 Å². The highest BCUT2D eigenvalue weighted by molar-refractivity contribution is 5.80. The number of fused-ring (bicyclic) bond motifs is 1. The zero-order chi connectivity index (χ0) is 17.4. The Morgan fingerprint density at radius 3 is 3.08 bits per heavy atom. The maximum atomic E-state index is 13.4. The number of benzene rings is 2. The Morgan fingerprint density at radius 1 is 1.36 bits per heavy atom. The molecule has 1 saturated heterocycles. The maximum Gasteiger partial charge on any atom is 0.170 e. The van der Waals surface area contributed by atoms with Gasteiger partial charge in [-0.3, -0.25) is 0 Å². The number of piperidine rings is 1. The molecule has 0 amide bonds. The van der Waals surface area contributed by atoms with E-state index in [1.807, 2.05) is 0 Å². The van der Waals surface area contributed by atoms with Gasteiger partial charge in [-0.15, -0.1) is 0 Å². The van der Waals surface area contributed by atoms with Crippen molar-refractivity contribution in [2.45, 2.75) is 25.3 Å². The molecule has 1 aliphatic rings.